The van der Waals surface area contributed by atoms with E-state index >= 15 is 0 Å². The SMILES string of the molecule is CCOC(=O)C1=C(C)N=c2s/c(=C/c3cc(Br)ccc3OC)c(=O)n2C1c1cccs1. The summed E-state index contributed by atoms with van der Waals surface area (Å²) < 4.78 is 13.7. The maximum absolute atomic E-state index is 13.5. The predicted octanol–water partition coefficient (Wildman–Crippen LogP) is 3.63. The highest BCUT2D eigenvalue weighted by molar-refractivity contribution is 9.10. The molecule has 4 rings (SSSR count). The van der Waals surface area contributed by atoms with E-state index in [4.69, 9.17) is 9.47 Å². The second-order valence-corrected chi connectivity index (χ2v) is 9.61. The van der Waals surface area contributed by atoms with Crippen LogP contribution in [0.3, 0.4) is 0 Å². The number of allylic oxidation sites excluding steroid dienone is 1. The van der Waals surface area contributed by atoms with Crippen molar-refractivity contribution >= 4 is 50.6 Å². The minimum Gasteiger partial charge on any atom is -0.496 e. The van der Waals surface area contributed by atoms with Crippen molar-refractivity contribution in [3.63, 3.8) is 0 Å². The first-order valence-corrected chi connectivity index (χ1v) is 12.0. The molecule has 0 N–H and O–H groups in total. The van der Waals surface area contributed by atoms with Crippen LogP contribution in [0.5, 0.6) is 5.75 Å². The highest BCUT2D eigenvalue weighted by atomic mass is 79.9. The monoisotopic (exact) mass is 518 g/mol. The lowest BCUT2D eigenvalue weighted by atomic mass is 10.0. The number of carbonyl (C=O) groups is 1. The smallest absolute Gasteiger partial charge is 0.338 e. The summed E-state index contributed by atoms with van der Waals surface area (Å²) in [4.78, 5) is 32.3. The number of carbonyl (C=O) groups excluding carboxylic acids is 1. The van der Waals surface area contributed by atoms with E-state index in [1.54, 1.807) is 31.6 Å². The summed E-state index contributed by atoms with van der Waals surface area (Å²) in [5.41, 5.74) is 1.52. The van der Waals surface area contributed by atoms with Crippen LogP contribution in [0.25, 0.3) is 6.08 Å². The molecule has 0 spiro atoms. The average Bonchev–Trinajstić information content (AvgIpc) is 3.36. The van der Waals surface area contributed by atoms with Gasteiger partial charge in [-0.2, -0.15) is 0 Å². The normalized spacial score (nSPS) is 16.1. The van der Waals surface area contributed by atoms with Gasteiger partial charge in [0.05, 0.1) is 29.5 Å². The zero-order chi connectivity index (χ0) is 22.1. The van der Waals surface area contributed by atoms with E-state index in [9.17, 15) is 9.59 Å². The van der Waals surface area contributed by atoms with Crippen LogP contribution in [0, 0.1) is 0 Å². The molecule has 160 valence electrons. The minimum atomic E-state index is -0.568. The van der Waals surface area contributed by atoms with Crippen molar-refractivity contribution in [2.24, 2.45) is 4.99 Å². The number of hydrogen-bond donors (Lipinski definition) is 0. The Morgan fingerprint density at radius 3 is 2.84 bits per heavy atom. The highest BCUT2D eigenvalue weighted by Gasteiger charge is 2.33. The van der Waals surface area contributed by atoms with E-state index in [1.165, 1.54) is 22.7 Å². The molecule has 0 amide bonds. The summed E-state index contributed by atoms with van der Waals surface area (Å²) in [6.45, 7) is 3.79. The van der Waals surface area contributed by atoms with Gasteiger partial charge in [-0.15, -0.1) is 11.3 Å². The van der Waals surface area contributed by atoms with Gasteiger partial charge in [-0.1, -0.05) is 33.3 Å². The topological polar surface area (TPSA) is 69.9 Å². The fourth-order valence-corrected chi connectivity index (χ4v) is 5.71. The standard InChI is InChI=1S/C22H19BrN2O4S2/c1-4-29-21(27)18-12(2)24-22-25(19(18)16-6-5-9-30-16)20(26)17(31-22)11-13-10-14(23)7-8-15(13)28-3/h5-11,19H,4H2,1-3H3/b17-11+. The lowest BCUT2D eigenvalue weighted by Gasteiger charge is -2.23. The zero-order valence-electron chi connectivity index (χ0n) is 17.0. The van der Waals surface area contributed by atoms with Gasteiger partial charge in [-0.25, -0.2) is 9.79 Å². The van der Waals surface area contributed by atoms with Crippen LogP contribution in [-0.4, -0.2) is 24.3 Å². The van der Waals surface area contributed by atoms with Crippen molar-refractivity contribution in [1.82, 2.24) is 4.57 Å². The first kappa shape index (κ1) is 21.7. The highest BCUT2D eigenvalue weighted by Crippen LogP contribution is 2.33. The molecule has 0 radical (unpaired) electrons. The van der Waals surface area contributed by atoms with Gasteiger partial charge in [-0.3, -0.25) is 9.36 Å². The second-order valence-electron chi connectivity index (χ2n) is 6.70. The summed E-state index contributed by atoms with van der Waals surface area (Å²) >= 11 is 6.24. The van der Waals surface area contributed by atoms with Crippen LogP contribution in [0.1, 0.15) is 30.3 Å². The fraction of sp³-hybridized carbons (Fsp3) is 0.227. The van der Waals surface area contributed by atoms with Crippen LogP contribution >= 0.6 is 38.6 Å². The molecule has 31 heavy (non-hydrogen) atoms. The third kappa shape index (κ3) is 4.05. The molecule has 1 unspecified atom stereocenters. The van der Waals surface area contributed by atoms with Gasteiger partial charge in [0.2, 0.25) is 0 Å². The van der Waals surface area contributed by atoms with Gasteiger partial charge >= 0.3 is 5.97 Å². The van der Waals surface area contributed by atoms with Crippen molar-refractivity contribution in [3.8, 4) is 5.75 Å². The van der Waals surface area contributed by atoms with Gasteiger partial charge < -0.3 is 9.47 Å². The molecule has 2 aromatic heterocycles. The zero-order valence-corrected chi connectivity index (χ0v) is 20.3. The summed E-state index contributed by atoms with van der Waals surface area (Å²) in [6, 6.07) is 8.86. The number of esters is 1. The molecule has 0 aliphatic carbocycles. The molecule has 9 heteroatoms. The van der Waals surface area contributed by atoms with Gasteiger partial charge in [0.25, 0.3) is 5.56 Å². The molecule has 1 aromatic carbocycles. The van der Waals surface area contributed by atoms with Crippen LogP contribution in [-0.2, 0) is 9.53 Å². The summed E-state index contributed by atoms with van der Waals surface area (Å²) in [7, 11) is 1.59. The minimum absolute atomic E-state index is 0.210. The predicted molar refractivity (Wildman–Crippen MR) is 125 cm³/mol. The number of thiophene rings is 1. The Bertz CT molecular complexity index is 1350. The van der Waals surface area contributed by atoms with Crippen LogP contribution in [0.2, 0.25) is 0 Å². The molecule has 3 aromatic rings. The number of ether oxygens (including phenoxy) is 2. The largest absolute Gasteiger partial charge is 0.496 e. The van der Waals surface area contributed by atoms with Gasteiger partial charge in [0, 0.05) is 14.9 Å². The molecule has 1 aliphatic heterocycles. The Labute approximate surface area is 194 Å². The number of rotatable bonds is 5. The summed E-state index contributed by atoms with van der Waals surface area (Å²) in [5.74, 6) is 0.206. The first-order valence-electron chi connectivity index (χ1n) is 9.51. The molecule has 6 nitrogen and oxygen atoms in total. The Morgan fingerprint density at radius 2 is 2.16 bits per heavy atom. The summed E-state index contributed by atoms with van der Waals surface area (Å²) in [5, 5.41) is 1.93. The maximum Gasteiger partial charge on any atom is 0.338 e. The molecular formula is C22H19BrN2O4S2. The number of fused-ring (bicyclic) bond motifs is 1. The van der Waals surface area contributed by atoms with Crippen molar-refractivity contribution in [3.05, 3.63) is 81.6 Å². The Balaban J connectivity index is 1.96. The van der Waals surface area contributed by atoms with Crippen molar-refractivity contribution < 1.29 is 14.3 Å². The maximum atomic E-state index is 13.5. The number of benzene rings is 1. The Kier molecular flexibility index (Phi) is 6.27. The number of hydrogen-bond acceptors (Lipinski definition) is 7. The molecule has 0 saturated heterocycles. The second kappa shape index (κ2) is 8.94. The van der Waals surface area contributed by atoms with Gasteiger partial charge in [0.15, 0.2) is 4.80 Å². The van der Waals surface area contributed by atoms with Crippen molar-refractivity contribution in [1.29, 1.82) is 0 Å². The van der Waals surface area contributed by atoms with E-state index in [2.05, 4.69) is 20.9 Å². The van der Waals surface area contributed by atoms with E-state index < -0.39 is 12.0 Å². The third-order valence-corrected chi connectivity index (χ3v) is 7.21. The first-order chi connectivity index (χ1) is 14.9. The van der Waals surface area contributed by atoms with Crippen molar-refractivity contribution in [2.45, 2.75) is 19.9 Å². The number of halogens is 1. The number of nitrogens with zero attached hydrogens (tertiary/aromatic N) is 2. The van der Waals surface area contributed by atoms with E-state index in [1.807, 2.05) is 35.7 Å². The van der Waals surface area contributed by atoms with Crippen LogP contribution in [0.4, 0.5) is 0 Å². The Morgan fingerprint density at radius 1 is 1.35 bits per heavy atom. The van der Waals surface area contributed by atoms with E-state index in [0.29, 0.717) is 26.4 Å². The van der Waals surface area contributed by atoms with Crippen molar-refractivity contribution in [2.75, 3.05) is 13.7 Å². The number of thiazole rings is 1. The van der Waals surface area contributed by atoms with Gasteiger partial charge in [-0.05, 0) is 49.6 Å². The quantitative estimate of drug-likeness (QED) is 0.483. The third-order valence-electron chi connectivity index (χ3n) is 4.81. The molecule has 0 saturated carbocycles. The summed E-state index contributed by atoms with van der Waals surface area (Å²) in [6.07, 6.45) is 1.79. The molecular weight excluding hydrogens is 500 g/mol. The lowest BCUT2D eigenvalue weighted by molar-refractivity contribution is -0.139. The van der Waals surface area contributed by atoms with Gasteiger partial charge in [0.1, 0.15) is 11.8 Å². The molecule has 0 bridgehead atoms. The molecule has 0 fully saturated rings. The average molecular weight is 519 g/mol. The number of methoxy groups -OCH3 is 1. The lowest BCUT2D eigenvalue weighted by Crippen LogP contribution is -2.39. The molecule has 1 aliphatic rings. The van der Waals surface area contributed by atoms with Crippen LogP contribution < -0.4 is 19.6 Å². The molecule has 3 heterocycles. The molecule has 1 atom stereocenters. The Hall–Kier alpha value is -2.49. The number of aromatic nitrogens is 1. The van der Waals surface area contributed by atoms with E-state index in [0.717, 1.165) is 14.9 Å². The fourth-order valence-electron chi connectivity index (χ4n) is 3.47. The van der Waals surface area contributed by atoms with E-state index in [-0.39, 0.29) is 12.2 Å². The van der Waals surface area contributed by atoms with Crippen LogP contribution in [0.15, 0.2) is 61.2 Å².